The van der Waals surface area contributed by atoms with Gasteiger partial charge >= 0.3 is 6.18 Å². The molecule has 2 aromatic rings. The predicted molar refractivity (Wildman–Crippen MR) is 70.4 cm³/mol. The second kappa shape index (κ2) is 5.51. The molecule has 104 valence electrons. The number of hydrogen-bond donors (Lipinski definition) is 0. The Morgan fingerprint density at radius 1 is 1.35 bits per heavy atom. The van der Waals surface area contributed by atoms with Crippen molar-refractivity contribution in [1.29, 1.82) is 5.26 Å². The highest BCUT2D eigenvalue weighted by molar-refractivity contribution is 7.09. The van der Waals surface area contributed by atoms with Crippen LogP contribution in [-0.4, -0.2) is 12.0 Å². The summed E-state index contributed by atoms with van der Waals surface area (Å²) in [5.41, 5.74) is -0.874. The first-order valence-corrected chi connectivity index (χ1v) is 6.51. The van der Waals surface area contributed by atoms with Gasteiger partial charge in [-0.2, -0.15) is 18.4 Å². The van der Waals surface area contributed by atoms with E-state index in [2.05, 4.69) is 4.98 Å². The number of alkyl halides is 3. The molecule has 2 rings (SSSR count). The van der Waals surface area contributed by atoms with Crippen LogP contribution in [0, 0.1) is 11.3 Å². The monoisotopic (exact) mass is 297 g/mol. The van der Waals surface area contributed by atoms with E-state index in [4.69, 9.17) is 5.26 Å². The Bertz CT molecular complexity index is 629. The maximum absolute atomic E-state index is 12.7. The van der Waals surface area contributed by atoms with Crippen LogP contribution in [0.25, 0.3) is 0 Å². The SMILES string of the molecule is CN(Cc1cccs1)c1nc(C(F)(F)F)ccc1C#N. The van der Waals surface area contributed by atoms with Gasteiger partial charge in [0.1, 0.15) is 17.6 Å². The molecule has 2 heterocycles. The van der Waals surface area contributed by atoms with Crippen molar-refractivity contribution in [3.8, 4) is 6.07 Å². The fourth-order valence-corrected chi connectivity index (χ4v) is 2.45. The lowest BCUT2D eigenvalue weighted by Gasteiger charge is -2.19. The van der Waals surface area contributed by atoms with E-state index in [1.165, 1.54) is 11.3 Å². The summed E-state index contributed by atoms with van der Waals surface area (Å²) in [6.45, 7) is 0.403. The molecule has 0 fully saturated rings. The molecule has 0 saturated carbocycles. The summed E-state index contributed by atoms with van der Waals surface area (Å²) in [6, 6.07) is 7.57. The normalized spacial score (nSPS) is 11.2. The van der Waals surface area contributed by atoms with Crippen LogP contribution in [0.2, 0.25) is 0 Å². The third-order valence-corrected chi connectivity index (χ3v) is 3.48. The van der Waals surface area contributed by atoms with Crippen LogP contribution >= 0.6 is 11.3 Å². The first-order chi connectivity index (χ1) is 9.41. The lowest BCUT2D eigenvalue weighted by Crippen LogP contribution is -2.20. The van der Waals surface area contributed by atoms with E-state index in [1.807, 2.05) is 23.6 Å². The highest BCUT2D eigenvalue weighted by Crippen LogP contribution is 2.30. The van der Waals surface area contributed by atoms with Gasteiger partial charge in [-0.05, 0) is 23.6 Å². The minimum absolute atomic E-state index is 0.0377. The Balaban J connectivity index is 2.35. The summed E-state index contributed by atoms with van der Waals surface area (Å²) in [5, 5.41) is 10.9. The number of aromatic nitrogens is 1. The lowest BCUT2D eigenvalue weighted by molar-refractivity contribution is -0.141. The summed E-state index contributed by atoms with van der Waals surface area (Å²) >= 11 is 1.49. The van der Waals surface area contributed by atoms with Crippen molar-refractivity contribution in [2.75, 3.05) is 11.9 Å². The van der Waals surface area contributed by atoms with Crippen LogP contribution < -0.4 is 4.90 Å². The molecule has 0 aliphatic carbocycles. The largest absolute Gasteiger partial charge is 0.433 e. The molecule has 7 heteroatoms. The summed E-state index contributed by atoms with van der Waals surface area (Å²) in [7, 11) is 1.61. The van der Waals surface area contributed by atoms with Crippen LogP contribution in [0.3, 0.4) is 0 Å². The molecule has 0 amide bonds. The van der Waals surface area contributed by atoms with Crippen molar-refractivity contribution in [2.24, 2.45) is 0 Å². The van der Waals surface area contributed by atoms with Gasteiger partial charge in [0, 0.05) is 11.9 Å². The van der Waals surface area contributed by atoms with Crippen molar-refractivity contribution in [1.82, 2.24) is 4.98 Å². The summed E-state index contributed by atoms with van der Waals surface area (Å²) < 4.78 is 38.0. The number of halogens is 3. The van der Waals surface area contributed by atoms with Crippen LogP contribution in [0.4, 0.5) is 19.0 Å². The lowest BCUT2D eigenvalue weighted by atomic mass is 10.2. The number of anilines is 1. The molecule has 0 atom stereocenters. The second-order valence-corrected chi connectivity index (χ2v) is 5.14. The van der Waals surface area contributed by atoms with Gasteiger partial charge in [0.05, 0.1) is 12.1 Å². The molecule has 0 unspecified atom stereocenters. The quantitative estimate of drug-likeness (QED) is 0.868. The number of nitriles is 1. The second-order valence-electron chi connectivity index (χ2n) is 4.11. The number of hydrogen-bond acceptors (Lipinski definition) is 4. The molecule has 0 radical (unpaired) electrons. The van der Waals surface area contributed by atoms with Crippen molar-refractivity contribution in [3.05, 3.63) is 45.8 Å². The van der Waals surface area contributed by atoms with Crippen LogP contribution in [0.15, 0.2) is 29.6 Å². The van der Waals surface area contributed by atoms with Gasteiger partial charge < -0.3 is 4.90 Å². The Morgan fingerprint density at radius 3 is 2.65 bits per heavy atom. The zero-order valence-electron chi connectivity index (χ0n) is 10.5. The van der Waals surface area contributed by atoms with Crippen LogP contribution in [-0.2, 0) is 12.7 Å². The van der Waals surface area contributed by atoms with E-state index in [9.17, 15) is 13.2 Å². The molecule has 0 N–H and O–H groups in total. The van der Waals surface area contributed by atoms with E-state index < -0.39 is 11.9 Å². The van der Waals surface area contributed by atoms with E-state index in [1.54, 1.807) is 11.9 Å². The molecule has 0 aliphatic heterocycles. The molecule has 2 aromatic heterocycles. The van der Waals surface area contributed by atoms with Crippen molar-refractivity contribution < 1.29 is 13.2 Å². The molecule has 0 saturated heterocycles. The molecule has 0 aromatic carbocycles. The molecule has 0 bridgehead atoms. The average Bonchev–Trinajstić information content (AvgIpc) is 2.89. The highest BCUT2D eigenvalue weighted by Gasteiger charge is 2.33. The van der Waals surface area contributed by atoms with Gasteiger partial charge in [0.25, 0.3) is 0 Å². The summed E-state index contributed by atoms with van der Waals surface area (Å²) in [4.78, 5) is 6.10. The predicted octanol–water partition coefficient (Wildman–Crippen LogP) is 3.67. The molecule has 20 heavy (non-hydrogen) atoms. The van der Waals surface area contributed by atoms with Gasteiger partial charge in [0.2, 0.25) is 0 Å². The first-order valence-electron chi connectivity index (χ1n) is 5.63. The first kappa shape index (κ1) is 14.3. The van der Waals surface area contributed by atoms with E-state index >= 15 is 0 Å². The summed E-state index contributed by atoms with van der Waals surface area (Å²) in [5.74, 6) is 0.0377. The Labute approximate surface area is 117 Å². The maximum atomic E-state index is 12.7. The smallest absolute Gasteiger partial charge is 0.353 e. The standard InChI is InChI=1S/C13H10F3N3S/c1-19(8-10-3-2-6-20-10)12-9(7-17)4-5-11(18-12)13(14,15)16/h2-6H,8H2,1H3. The van der Waals surface area contributed by atoms with Crippen LogP contribution in [0.1, 0.15) is 16.1 Å². The third kappa shape index (κ3) is 3.08. The van der Waals surface area contributed by atoms with Crippen molar-refractivity contribution in [3.63, 3.8) is 0 Å². The van der Waals surface area contributed by atoms with Crippen molar-refractivity contribution in [2.45, 2.75) is 12.7 Å². The number of thiophene rings is 1. The average molecular weight is 297 g/mol. The number of nitrogens with zero attached hydrogens (tertiary/aromatic N) is 3. The maximum Gasteiger partial charge on any atom is 0.433 e. The van der Waals surface area contributed by atoms with Crippen molar-refractivity contribution >= 4 is 17.2 Å². The van der Waals surface area contributed by atoms with Gasteiger partial charge in [-0.15, -0.1) is 11.3 Å². The molecule has 0 spiro atoms. The van der Waals surface area contributed by atoms with E-state index in [-0.39, 0.29) is 11.4 Å². The van der Waals surface area contributed by atoms with Gasteiger partial charge in [-0.25, -0.2) is 4.98 Å². The zero-order valence-corrected chi connectivity index (χ0v) is 11.3. The zero-order chi connectivity index (χ0) is 14.8. The molecular formula is C13H10F3N3S. The highest BCUT2D eigenvalue weighted by atomic mass is 32.1. The number of pyridine rings is 1. The van der Waals surface area contributed by atoms with Crippen LogP contribution in [0.5, 0.6) is 0 Å². The van der Waals surface area contributed by atoms with Gasteiger partial charge in [-0.1, -0.05) is 6.07 Å². The number of rotatable bonds is 3. The molecular weight excluding hydrogens is 287 g/mol. The Kier molecular flexibility index (Phi) is 3.95. The minimum Gasteiger partial charge on any atom is -0.353 e. The van der Waals surface area contributed by atoms with E-state index in [0.717, 1.165) is 17.0 Å². The topological polar surface area (TPSA) is 39.9 Å². The fraction of sp³-hybridized carbons (Fsp3) is 0.231. The van der Waals surface area contributed by atoms with Gasteiger partial charge in [-0.3, -0.25) is 0 Å². The van der Waals surface area contributed by atoms with Gasteiger partial charge in [0.15, 0.2) is 0 Å². The van der Waals surface area contributed by atoms with E-state index in [0.29, 0.717) is 6.54 Å². The Hall–Kier alpha value is -2.07. The Morgan fingerprint density at radius 2 is 2.10 bits per heavy atom. The molecule has 0 aliphatic rings. The minimum atomic E-state index is -4.52. The third-order valence-electron chi connectivity index (χ3n) is 2.62. The fourth-order valence-electron chi connectivity index (χ4n) is 1.70. The molecule has 3 nitrogen and oxygen atoms in total. The summed E-state index contributed by atoms with van der Waals surface area (Å²) in [6.07, 6.45) is -4.52.